The molecular weight excluding hydrogens is 523 g/mol. The molecule has 0 heterocycles. The van der Waals surface area contributed by atoms with Crippen LogP contribution < -0.4 is 5.32 Å². The maximum Gasteiger partial charge on any atom is 0.255 e. The van der Waals surface area contributed by atoms with Gasteiger partial charge in [0.15, 0.2) is 27.3 Å². The van der Waals surface area contributed by atoms with Gasteiger partial charge in [-0.05, 0) is 62.6 Å². The molecule has 0 radical (unpaired) electrons. The molecule has 196 valence electrons. The van der Waals surface area contributed by atoms with Crippen molar-refractivity contribution in [1.82, 2.24) is 0 Å². The van der Waals surface area contributed by atoms with Crippen LogP contribution in [0.3, 0.4) is 0 Å². The molecule has 2 fully saturated rings. The van der Waals surface area contributed by atoms with Crippen LogP contribution in [0.1, 0.15) is 43.0 Å². The van der Waals surface area contributed by atoms with Crippen LogP contribution in [-0.4, -0.2) is 52.7 Å². The zero-order valence-corrected chi connectivity index (χ0v) is 20.7. The minimum Gasteiger partial charge on any atom is -0.391 e. The van der Waals surface area contributed by atoms with Crippen LogP contribution in [-0.2, 0) is 9.84 Å². The second-order valence-electron chi connectivity index (χ2n) is 9.54. The molecule has 4 N–H and O–H groups in total. The molecule has 1 amide bonds. The highest BCUT2D eigenvalue weighted by molar-refractivity contribution is 7.92. The van der Waals surface area contributed by atoms with E-state index in [-0.39, 0.29) is 34.0 Å². The summed E-state index contributed by atoms with van der Waals surface area (Å²) in [7, 11) is -4.10. The van der Waals surface area contributed by atoms with Crippen LogP contribution in [0.15, 0.2) is 35.2 Å². The highest BCUT2D eigenvalue weighted by atomic mass is 35.5. The Morgan fingerprint density at radius 1 is 1.08 bits per heavy atom. The quantitative estimate of drug-likeness (QED) is 0.411. The van der Waals surface area contributed by atoms with Crippen molar-refractivity contribution in [3.05, 3.63) is 58.4 Å². The van der Waals surface area contributed by atoms with E-state index in [4.69, 9.17) is 11.6 Å². The fourth-order valence-corrected chi connectivity index (χ4v) is 7.94. The Morgan fingerprint density at radius 3 is 2.17 bits per heavy atom. The van der Waals surface area contributed by atoms with Crippen LogP contribution >= 0.6 is 11.6 Å². The number of hydrogen-bond donors (Lipinski definition) is 4. The first kappa shape index (κ1) is 26.9. The number of fused-ring (bicyclic) bond motifs is 2. The maximum atomic E-state index is 13.6. The third-order valence-electron chi connectivity index (χ3n) is 7.38. The number of sulfone groups is 1. The fraction of sp³-hybridized carbons (Fsp3) is 0.458. The van der Waals surface area contributed by atoms with Gasteiger partial charge in [-0.3, -0.25) is 4.79 Å². The molecule has 4 atom stereocenters. The number of carbonyl (C=O) groups is 1. The van der Waals surface area contributed by atoms with Crippen LogP contribution in [0.25, 0.3) is 0 Å². The van der Waals surface area contributed by atoms with Gasteiger partial charge in [-0.15, -0.1) is 0 Å². The van der Waals surface area contributed by atoms with E-state index in [1.807, 2.05) is 0 Å². The predicted molar refractivity (Wildman–Crippen MR) is 125 cm³/mol. The van der Waals surface area contributed by atoms with E-state index < -0.39 is 68.1 Å². The van der Waals surface area contributed by atoms with Crippen molar-refractivity contribution in [2.75, 3.05) is 5.32 Å². The number of benzene rings is 2. The Bertz CT molecular complexity index is 1270. The molecule has 2 aromatic rings. The monoisotopic (exact) mass is 547 g/mol. The molecule has 2 saturated carbocycles. The molecule has 4 rings (SSSR count). The normalized spacial score (nSPS) is 27.5. The van der Waals surface area contributed by atoms with E-state index >= 15 is 0 Å². The van der Waals surface area contributed by atoms with Crippen molar-refractivity contribution in [3.63, 3.8) is 0 Å². The molecule has 0 aromatic heterocycles. The van der Waals surface area contributed by atoms with Crippen molar-refractivity contribution >= 4 is 33.0 Å². The number of anilines is 1. The van der Waals surface area contributed by atoms with Gasteiger partial charge in [-0.2, -0.15) is 0 Å². The summed E-state index contributed by atoms with van der Waals surface area (Å²) in [5, 5.41) is 32.5. The van der Waals surface area contributed by atoms with Gasteiger partial charge >= 0.3 is 0 Å². The molecule has 0 aliphatic heterocycles. The zero-order chi connectivity index (χ0) is 26.6. The standard InChI is InChI=1S/C24H25ClF3NO6S/c1-11(30)22(31)24(33)13-3-4-14(24)8-16(7-13)36(34,35)20-6-12(2-5-17(20)25)23(32)29-15-9-18(26)21(28)19(27)10-15/h2,5-6,9-11,13-14,16,22,30-31,33H,3-4,7-8H2,1H3,(H,29,32)/t11-,13?,14?,16?,22+,24?/m0/s1. The van der Waals surface area contributed by atoms with E-state index in [9.17, 15) is 41.7 Å². The average Bonchev–Trinajstić information content (AvgIpc) is 2.98. The Morgan fingerprint density at radius 2 is 1.64 bits per heavy atom. The summed E-state index contributed by atoms with van der Waals surface area (Å²) in [4.78, 5) is 12.3. The number of carbonyl (C=O) groups excluding carboxylic acids is 1. The predicted octanol–water partition coefficient (Wildman–Crippen LogP) is 3.44. The van der Waals surface area contributed by atoms with Crippen molar-refractivity contribution in [2.45, 2.75) is 60.6 Å². The van der Waals surface area contributed by atoms with Crippen molar-refractivity contribution < 1.29 is 41.7 Å². The largest absolute Gasteiger partial charge is 0.391 e. The first-order valence-electron chi connectivity index (χ1n) is 11.3. The van der Waals surface area contributed by atoms with E-state index in [2.05, 4.69) is 5.32 Å². The number of nitrogens with one attached hydrogen (secondary N) is 1. The molecule has 7 nitrogen and oxygen atoms in total. The molecule has 2 aromatic carbocycles. The Balaban J connectivity index is 1.59. The fourth-order valence-electron chi connectivity index (χ4n) is 5.54. The number of amides is 1. The summed E-state index contributed by atoms with van der Waals surface area (Å²) in [6, 6.07) is 4.67. The number of aliphatic hydroxyl groups excluding tert-OH is 2. The van der Waals surface area contributed by atoms with Gasteiger partial charge in [-0.25, -0.2) is 21.6 Å². The summed E-state index contributed by atoms with van der Waals surface area (Å²) in [5.74, 6) is -6.72. The molecule has 2 unspecified atom stereocenters. The average molecular weight is 548 g/mol. The third kappa shape index (κ3) is 4.51. The molecule has 0 saturated heterocycles. The minimum absolute atomic E-state index is 0.0278. The molecule has 2 aliphatic rings. The second kappa shape index (κ2) is 9.60. The molecule has 2 bridgehead atoms. The number of hydrogen-bond acceptors (Lipinski definition) is 6. The Kier molecular flexibility index (Phi) is 7.17. The molecular formula is C24H25ClF3NO6S. The van der Waals surface area contributed by atoms with Gasteiger partial charge in [0, 0.05) is 23.4 Å². The first-order valence-corrected chi connectivity index (χ1v) is 13.3. The highest BCUT2D eigenvalue weighted by Gasteiger charge is 2.59. The lowest BCUT2D eigenvalue weighted by molar-refractivity contribution is -0.172. The van der Waals surface area contributed by atoms with Gasteiger partial charge in [-0.1, -0.05) is 11.6 Å². The topological polar surface area (TPSA) is 124 Å². The van der Waals surface area contributed by atoms with E-state index in [1.54, 1.807) is 0 Å². The molecule has 12 heteroatoms. The number of rotatable bonds is 6. The summed E-state index contributed by atoms with van der Waals surface area (Å²) in [6.07, 6.45) is -1.59. The van der Waals surface area contributed by atoms with Crippen LogP contribution in [0, 0.1) is 29.3 Å². The number of aliphatic hydroxyl groups is 3. The summed E-state index contributed by atoms with van der Waals surface area (Å²) in [6.45, 7) is 1.36. The van der Waals surface area contributed by atoms with Crippen LogP contribution in [0.2, 0.25) is 5.02 Å². The van der Waals surface area contributed by atoms with Gasteiger partial charge in [0.1, 0.15) is 6.10 Å². The smallest absolute Gasteiger partial charge is 0.255 e. The van der Waals surface area contributed by atoms with Crippen LogP contribution in [0.4, 0.5) is 18.9 Å². The summed E-state index contributed by atoms with van der Waals surface area (Å²) < 4.78 is 67.2. The number of halogens is 4. The molecule has 0 spiro atoms. The lowest BCUT2D eigenvalue weighted by atomic mass is 9.70. The zero-order valence-electron chi connectivity index (χ0n) is 19.1. The lowest BCUT2D eigenvalue weighted by Gasteiger charge is -2.46. The molecule has 36 heavy (non-hydrogen) atoms. The highest BCUT2D eigenvalue weighted by Crippen LogP contribution is 2.54. The van der Waals surface area contributed by atoms with Gasteiger partial charge in [0.05, 0.1) is 26.9 Å². The summed E-state index contributed by atoms with van der Waals surface area (Å²) >= 11 is 6.19. The van der Waals surface area contributed by atoms with E-state index in [0.717, 1.165) is 6.07 Å². The lowest BCUT2D eigenvalue weighted by Crippen LogP contribution is -2.58. The second-order valence-corrected chi connectivity index (χ2v) is 12.1. The first-order chi connectivity index (χ1) is 16.8. The Hall–Kier alpha value is -2.18. The van der Waals surface area contributed by atoms with Gasteiger partial charge in [0.25, 0.3) is 5.91 Å². The minimum atomic E-state index is -4.10. The van der Waals surface area contributed by atoms with Crippen molar-refractivity contribution in [2.24, 2.45) is 11.8 Å². The van der Waals surface area contributed by atoms with Gasteiger partial charge < -0.3 is 20.6 Å². The van der Waals surface area contributed by atoms with Gasteiger partial charge in [0.2, 0.25) is 0 Å². The molecule has 2 aliphatic carbocycles. The van der Waals surface area contributed by atoms with Crippen LogP contribution in [0.5, 0.6) is 0 Å². The van der Waals surface area contributed by atoms with Crippen molar-refractivity contribution in [3.8, 4) is 0 Å². The van der Waals surface area contributed by atoms with E-state index in [0.29, 0.717) is 25.0 Å². The van der Waals surface area contributed by atoms with E-state index in [1.165, 1.54) is 19.1 Å². The third-order valence-corrected chi connectivity index (χ3v) is 10.0. The summed E-state index contributed by atoms with van der Waals surface area (Å²) in [5.41, 5.74) is -2.13. The maximum absolute atomic E-state index is 13.6. The Labute approximate surface area is 210 Å². The SMILES string of the molecule is C[C@H](O)[C@@H](O)C1(O)C2CCC1CC(S(=O)(=O)c1cc(C(=O)Nc3cc(F)c(F)c(F)c3)ccc1Cl)C2. The van der Waals surface area contributed by atoms with Crippen molar-refractivity contribution in [1.29, 1.82) is 0 Å².